The minimum absolute atomic E-state index is 0.906. The fourth-order valence-corrected chi connectivity index (χ4v) is 5.23. The molecule has 0 aromatic heterocycles. The van der Waals surface area contributed by atoms with E-state index in [-0.39, 0.29) is 0 Å². The minimum Gasteiger partial charge on any atom is -0.314 e. The SMILES string of the molecule is C=C1Cc2ccccc2N1c1ccc(-c2ccc(N3/C(=C/C=C\C)Cc4ccccc43)cc2)cc1. The second-order valence-electron chi connectivity index (χ2n) is 9.13. The van der Waals surface area contributed by atoms with Crippen molar-refractivity contribution in [3.8, 4) is 11.1 Å². The summed E-state index contributed by atoms with van der Waals surface area (Å²) in [6.45, 7) is 6.37. The molecule has 0 aliphatic carbocycles. The average Bonchev–Trinajstić information content (AvgIpc) is 3.44. The number of fused-ring (bicyclic) bond motifs is 2. The van der Waals surface area contributed by atoms with Crippen molar-refractivity contribution in [2.75, 3.05) is 9.80 Å². The summed E-state index contributed by atoms with van der Waals surface area (Å²) in [7, 11) is 0. The van der Waals surface area contributed by atoms with Crippen molar-refractivity contribution in [1.82, 2.24) is 0 Å². The van der Waals surface area contributed by atoms with Crippen LogP contribution in [0.25, 0.3) is 11.1 Å². The lowest BCUT2D eigenvalue weighted by atomic mass is 10.0. The maximum Gasteiger partial charge on any atom is 0.0494 e. The summed E-state index contributed by atoms with van der Waals surface area (Å²) >= 11 is 0. The smallest absolute Gasteiger partial charge is 0.0494 e. The number of para-hydroxylation sites is 2. The number of anilines is 4. The van der Waals surface area contributed by atoms with Crippen LogP contribution < -0.4 is 9.80 Å². The van der Waals surface area contributed by atoms with Gasteiger partial charge in [0.1, 0.15) is 0 Å². The first kappa shape index (κ1) is 21.2. The Morgan fingerprint density at radius 3 is 1.74 bits per heavy atom. The van der Waals surface area contributed by atoms with Crippen LogP contribution in [0.1, 0.15) is 18.1 Å². The van der Waals surface area contributed by atoms with E-state index in [1.807, 2.05) is 0 Å². The van der Waals surface area contributed by atoms with Crippen molar-refractivity contribution in [2.45, 2.75) is 19.8 Å². The van der Waals surface area contributed by atoms with Gasteiger partial charge in [0.25, 0.3) is 0 Å². The number of hydrogen-bond donors (Lipinski definition) is 0. The molecule has 4 aromatic carbocycles. The zero-order valence-electron chi connectivity index (χ0n) is 20.0. The van der Waals surface area contributed by atoms with Crippen LogP contribution in [0.15, 0.2) is 133 Å². The van der Waals surface area contributed by atoms with Gasteiger partial charge in [0.2, 0.25) is 0 Å². The molecule has 0 atom stereocenters. The van der Waals surface area contributed by atoms with Gasteiger partial charge in [-0.1, -0.05) is 79.4 Å². The lowest BCUT2D eigenvalue weighted by Crippen LogP contribution is -2.11. The molecule has 170 valence electrons. The van der Waals surface area contributed by atoms with Gasteiger partial charge >= 0.3 is 0 Å². The zero-order chi connectivity index (χ0) is 23.8. The maximum atomic E-state index is 4.31. The highest BCUT2D eigenvalue weighted by atomic mass is 15.2. The van der Waals surface area contributed by atoms with Crippen LogP contribution in [0, 0.1) is 0 Å². The first-order valence-electron chi connectivity index (χ1n) is 12.2. The van der Waals surface area contributed by atoms with E-state index in [0.29, 0.717) is 0 Å². The predicted molar refractivity (Wildman–Crippen MR) is 148 cm³/mol. The second-order valence-corrected chi connectivity index (χ2v) is 9.13. The fraction of sp³-hybridized carbons (Fsp3) is 0.0909. The van der Waals surface area contributed by atoms with Crippen LogP contribution >= 0.6 is 0 Å². The molecule has 2 heterocycles. The largest absolute Gasteiger partial charge is 0.314 e. The molecule has 0 radical (unpaired) electrons. The summed E-state index contributed by atoms with van der Waals surface area (Å²) < 4.78 is 0. The number of nitrogens with zero attached hydrogens (tertiary/aromatic N) is 2. The third kappa shape index (κ3) is 3.77. The Morgan fingerprint density at radius 1 is 0.629 bits per heavy atom. The highest BCUT2D eigenvalue weighted by molar-refractivity contribution is 5.80. The quantitative estimate of drug-likeness (QED) is 0.305. The van der Waals surface area contributed by atoms with Crippen LogP contribution in [0.2, 0.25) is 0 Å². The lowest BCUT2D eigenvalue weighted by Gasteiger charge is -2.22. The third-order valence-corrected chi connectivity index (χ3v) is 6.90. The molecule has 2 heteroatoms. The van der Waals surface area contributed by atoms with Crippen LogP contribution in [0.4, 0.5) is 22.7 Å². The van der Waals surface area contributed by atoms with Crippen LogP contribution in [0.5, 0.6) is 0 Å². The van der Waals surface area contributed by atoms with Gasteiger partial charge in [-0.2, -0.15) is 0 Å². The van der Waals surface area contributed by atoms with E-state index in [1.54, 1.807) is 0 Å². The highest BCUT2D eigenvalue weighted by Gasteiger charge is 2.25. The molecule has 0 bridgehead atoms. The molecule has 2 nitrogen and oxygen atoms in total. The van der Waals surface area contributed by atoms with Crippen molar-refractivity contribution in [2.24, 2.45) is 0 Å². The van der Waals surface area contributed by atoms with Crippen molar-refractivity contribution in [3.05, 3.63) is 144 Å². The summed E-state index contributed by atoms with van der Waals surface area (Å²) in [6.07, 6.45) is 8.28. The van der Waals surface area contributed by atoms with Gasteiger partial charge in [-0.05, 0) is 71.7 Å². The number of benzene rings is 4. The average molecular weight is 453 g/mol. The van der Waals surface area contributed by atoms with Gasteiger partial charge in [-0.15, -0.1) is 0 Å². The summed E-state index contributed by atoms with van der Waals surface area (Å²) in [5.74, 6) is 0. The van der Waals surface area contributed by atoms with Crippen molar-refractivity contribution in [3.63, 3.8) is 0 Å². The van der Waals surface area contributed by atoms with Crippen molar-refractivity contribution < 1.29 is 0 Å². The molecule has 0 spiro atoms. The van der Waals surface area contributed by atoms with E-state index in [1.165, 1.54) is 45.0 Å². The summed E-state index contributed by atoms with van der Waals surface area (Å²) in [6, 6.07) is 35.0. The van der Waals surface area contributed by atoms with Gasteiger partial charge in [0, 0.05) is 47.0 Å². The fourth-order valence-electron chi connectivity index (χ4n) is 5.23. The number of rotatable bonds is 4. The summed E-state index contributed by atoms with van der Waals surface area (Å²) in [5.41, 5.74) is 12.4. The Hall–Kier alpha value is -4.30. The summed E-state index contributed by atoms with van der Waals surface area (Å²) in [4.78, 5) is 4.64. The monoisotopic (exact) mass is 452 g/mol. The first-order chi connectivity index (χ1) is 17.2. The summed E-state index contributed by atoms with van der Waals surface area (Å²) in [5, 5.41) is 0. The molecule has 2 aliphatic rings. The molecule has 0 N–H and O–H groups in total. The minimum atomic E-state index is 0.906. The Kier molecular flexibility index (Phi) is 5.35. The molecular formula is C33H28N2. The van der Waals surface area contributed by atoms with E-state index >= 15 is 0 Å². The maximum absolute atomic E-state index is 4.31. The highest BCUT2D eigenvalue weighted by Crippen LogP contribution is 2.42. The van der Waals surface area contributed by atoms with Crippen molar-refractivity contribution >= 4 is 22.7 Å². The van der Waals surface area contributed by atoms with Gasteiger partial charge < -0.3 is 9.80 Å². The molecule has 0 saturated carbocycles. The Morgan fingerprint density at radius 2 is 1.14 bits per heavy atom. The topological polar surface area (TPSA) is 6.48 Å². The third-order valence-electron chi connectivity index (χ3n) is 6.90. The molecule has 6 rings (SSSR count). The number of allylic oxidation sites excluding steroid dienone is 5. The van der Waals surface area contributed by atoms with Gasteiger partial charge in [-0.25, -0.2) is 0 Å². The van der Waals surface area contributed by atoms with Gasteiger partial charge in [-0.3, -0.25) is 0 Å². The Labute approximate surface area is 207 Å². The molecular weight excluding hydrogens is 424 g/mol. The molecule has 35 heavy (non-hydrogen) atoms. The first-order valence-corrected chi connectivity index (χ1v) is 12.2. The predicted octanol–water partition coefficient (Wildman–Crippen LogP) is 8.72. The lowest BCUT2D eigenvalue weighted by molar-refractivity contribution is 1.15. The van der Waals surface area contributed by atoms with Crippen LogP contribution in [-0.4, -0.2) is 0 Å². The van der Waals surface area contributed by atoms with Crippen molar-refractivity contribution in [1.29, 1.82) is 0 Å². The van der Waals surface area contributed by atoms with Crippen LogP contribution in [0.3, 0.4) is 0 Å². The standard InChI is InChI=1S/C33H28N2/c1-3-4-11-31-23-28-10-6-8-13-33(28)35(31)30-20-16-26(17-21-30)25-14-18-29(19-15-25)34-24(2)22-27-9-5-7-12-32(27)34/h3-21H,2,22-23H2,1H3/b4-3-,31-11+. The van der Waals surface area contributed by atoms with Gasteiger partial charge in [0.05, 0.1) is 0 Å². The van der Waals surface area contributed by atoms with Gasteiger partial charge in [0.15, 0.2) is 0 Å². The molecule has 0 unspecified atom stereocenters. The molecule has 0 amide bonds. The Bertz CT molecular complexity index is 1460. The number of hydrogen-bond acceptors (Lipinski definition) is 2. The van der Waals surface area contributed by atoms with Crippen LogP contribution in [-0.2, 0) is 12.8 Å². The molecule has 4 aromatic rings. The van der Waals surface area contributed by atoms with E-state index in [4.69, 9.17) is 0 Å². The second kappa shape index (κ2) is 8.81. The molecule has 0 fully saturated rings. The van der Waals surface area contributed by atoms with E-state index in [2.05, 4.69) is 139 Å². The van der Waals surface area contributed by atoms with E-state index in [0.717, 1.165) is 24.2 Å². The molecule has 0 saturated heterocycles. The normalized spacial score (nSPS) is 15.8. The van der Waals surface area contributed by atoms with E-state index in [9.17, 15) is 0 Å². The zero-order valence-corrected chi connectivity index (χ0v) is 20.0. The van der Waals surface area contributed by atoms with E-state index < -0.39 is 0 Å². The Balaban J connectivity index is 1.28. The molecule has 2 aliphatic heterocycles.